The zero-order chi connectivity index (χ0) is 12.0. The van der Waals surface area contributed by atoms with Crippen molar-refractivity contribution < 1.29 is 14.6 Å². The van der Waals surface area contributed by atoms with E-state index in [4.69, 9.17) is 0 Å². The van der Waals surface area contributed by atoms with Crippen molar-refractivity contribution in [3.63, 3.8) is 0 Å². The summed E-state index contributed by atoms with van der Waals surface area (Å²) in [5.41, 5.74) is -0.253. The highest BCUT2D eigenvalue weighted by Crippen LogP contribution is 2.31. The second-order valence-electron chi connectivity index (χ2n) is 4.62. The van der Waals surface area contributed by atoms with Crippen molar-refractivity contribution in [3.05, 3.63) is 12.3 Å². The van der Waals surface area contributed by atoms with Crippen LogP contribution in [0.15, 0.2) is 12.3 Å². The second kappa shape index (κ2) is 5.89. The highest BCUT2D eigenvalue weighted by atomic mass is 16.5. The van der Waals surface area contributed by atoms with Crippen molar-refractivity contribution in [1.82, 2.24) is 5.32 Å². The number of carbonyl (C=O) groups excluding carboxylic acids is 1. The van der Waals surface area contributed by atoms with Gasteiger partial charge in [0.1, 0.15) is 0 Å². The predicted octanol–water partition coefficient (Wildman–Crippen LogP) is 1.20. The first-order valence-corrected chi connectivity index (χ1v) is 5.75. The van der Waals surface area contributed by atoms with Gasteiger partial charge >= 0.3 is 5.97 Å². The molecule has 1 aliphatic rings. The molecule has 0 aromatic carbocycles. The van der Waals surface area contributed by atoms with E-state index in [2.05, 4.69) is 17.0 Å². The van der Waals surface area contributed by atoms with Gasteiger partial charge in [0.2, 0.25) is 0 Å². The molecule has 1 saturated carbocycles. The molecule has 92 valence electrons. The van der Waals surface area contributed by atoms with E-state index in [1.165, 1.54) is 13.2 Å². The quantitative estimate of drug-likeness (QED) is 0.560. The SMILES string of the molecule is COC(=O)/C=C/NC1(CO)CCC(C)CC1. The van der Waals surface area contributed by atoms with Crippen molar-refractivity contribution in [2.24, 2.45) is 5.92 Å². The number of hydrogen-bond donors (Lipinski definition) is 2. The fourth-order valence-corrected chi connectivity index (χ4v) is 2.02. The number of aliphatic hydroxyl groups is 1. The minimum atomic E-state index is -0.384. The fraction of sp³-hybridized carbons (Fsp3) is 0.750. The average molecular weight is 227 g/mol. The van der Waals surface area contributed by atoms with Gasteiger partial charge in [-0.15, -0.1) is 0 Å². The van der Waals surface area contributed by atoms with E-state index >= 15 is 0 Å². The maximum absolute atomic E-state index is 10.9. The molecule has 4 nitrogen and oxygen atoms in total. The number of esters is 1. The third-order valence-electron chi connectivity index (χ3n) is 3.34. The lowest BCUT2D eigenvalue weighted by Gasteiger charge is -2.38. The molecule has 0 aliphatic heterocycles. The monoisotopic (exact) mass is 227 g/mol. The van der Waals surface area contributed by atoms with Crippen LogP contribution in [0.4, 0.5) is 0 Å². The van der Waals surface area contributed by atoms with Gasteiger partial charge in [0.15, 0.2) is 0 Å². The first kappa shape index (κ1) is 13.0. The van der Waals surface area contributed by atoms with Crippen molar-refractivity contribution in [2.75, 3.05) is 13.7 Å². The summed E-state index contributed by atoms with van der Waals surface area (Å²) in [5.74, 6) is 0.343. The Kier molecular flexibility index (Phi) is 4.80. The summed E-state index contributed by atoms with van der Waals surface area (Å²) < 4.78 is 4.49. The van der Waals surface area contributed by atoms with E-state index in [0.717, 1.165) is 31.6 Å². The summed E-state index contributed by atoms with van der Waals surface area (Å²) in [5, 5.41) is 12.6. The molecule has 0 amide bonds. The zero-order valence-corrected chi connectivity index (χ0v) is 10.0. The van der Waals surface area contributed by atoms with Crippen LogP contribution in [0.1, 0.15) is 32.6 Å². The minimum absolute atomic E-state index is 0.102. The molecule has 0 heterocycles. The Morgan fingerprint density at radius 1 is 1.56 bits per heavy atom. The average Bonchev–Trinajstić information content (AvgIpc) is 2.32. The molecule has 0 unspecified atom stereocenters. The number of rotatable bonds is 4. The standard InChI is InChI=1S/C12H21NO3/c1-10-3-6-12(9-14,7-4-10)13-8-5-11(15)16-2/h5,8,10,13-14H,3-4,6-7,9H2,1-2H3/b8-5+. The molecule has 4 heteroatoms. The van der Waals surface area contributed by atoms with E-state index < -0.39 is 0 Å². The van der Waals surface area contributed by atoms with Gasteiger partial charge in [-0.1, -0.05) is 6.92 Å². The lowest BCUT2D eigenvalue weighted by Crippen LogP contribution is -2.48. The van der Waals surface area contributed by atoms with E-state index in [9.17, 15) is 9.90 Å². The van der Waals surface area contributed by atoms with Crippen molar-refractivity contribution in [3.8, 4) is 0 Å². The van der Waals surface area contributed by atoms with Crippen molar-refractivity contribution in [2.45, 2.75) is 38.1 Å². The van der Waals surface area contributed by atoms with Crippen LogP contribution >= 0.6 is 0 Å². The van der Waals surface area contributed by atoms with Gasteiger partial charge < -0.3 is 15.2 Å². The second-order valence-corrected chi connectivity index (χ2v) is 4.62. The molecular formula is C12H21NO3. The number of hydrogen-bond acceptors (Lipinski definition) is 4. The van der Waals surface area contributed by atoms with E-state index in [1.807, 2.05) is 0 Å². The third kappa shape index (κ3) is 3.52. The zero-order valence-electron chi connectivity index (χ0n) is 10.0. The molecule has 0 bridgehead atoms. The summed E-state index contributed by atoms with van der Waals surface area (Å²) in [6.45, 7) is 2.33. The van der Waals surface area contributed by atoms with E-state index in [1.54, 1.807) is 6.20 Å². The van der Waals surface area contributed by atoms with Crippen LogP contribution in [0, 0.1) is 5.92 Å². The molecule has 1 fully saturated rings. The Bertz CT molecular complexity index is 255. The number of nitrogens with one attached hydrogen (secondary N) is 1. The summed E-state index contributed by atoms with van der Waals surface area (Å²) in [7, 11) is 1.34. The maximum Gasteiger partial charge on any atom is 0.331 e. The lowest BCUT2D eigenvalue weighted by atomic mass is 9.77. The molecule has 0 saturated heterocycles. The van der Waals surface area contributed by atoms with Crippen LogP contribution < -0.4 is 5.32 Å². The maximum atomic E-state index is 10.9. The van der Waals surface area contributed by atoms with Gasteiger partial charge in [0.25, 0.3) is 0 Å². The molecule has 0 spiro atoms. The Balaban J connectivity index is 2.48. The first-order chi connectivity index (χ1) is 7.62. The van der Waals surface area contributed by atoms with Gasteiger partial charge in [-0.3, -0.25) is 0 Å². The van der Waals surface area contributed by atoms with Gasteiger partial charge in [-0.05, 0) is 31.6 Å². The molecule has 16 heavy (non-hydrogen) atoms. The Morgan fingerprint density at radius 2 is 2.19 bits per heavy atom. The third-order valence-corrected chi connectivity index (χ3v) is 3.34. The van der Waals surface area contributed by atoms with Crippen LogP contribution in [0.5, 0.6) is 0 Å². The molecule has 1 aliphatic carbocycles. The van der Waals surface area contributed by atoms with Crippen LogP contribution in [0.25, 0.3) is 0 Å². The van der Waals surface area contributed by atoms with Gasteiger partial charge in [0.05, 0.1) is 19.3 Å². The van der Waals surface area contributed by atoms with Crippen LogP contribution in [-0.2, 0) is 9.53 Å². The number of ether oxygens (including phenoxy) is 1. The predicted molar refractivity (Wildman–Crippen MR) is 61.7 cm³/mol. The summed E-state index contributed by atoms with van der Waals surface area (Å²) in [4.78, 5) is 10.9. The topological polar surface area (TPSA) is 58.6 Å². The molecule has 1 rings (SSSR count). The van der Waals surface area contributed by atoms with Crippen molar-refractivity contribution >= 4 is 5.97 Å². The Morgan fingerprint density at radius 3 is 2.69 bits per heavy atom. The highest BCUT2D eigenvalue weighted by Gasteiger charge is 2.32. The number of methoxy groups -OCH3 is 1. The normalized spacial score (nSPS) is 30.3. The van der Waals surface area contributed by atoms with Crippen LogP contribution in [0.2, 0.25) is 0 Å². The van der Waals surface area contributed by atoms with Gasteiger partial charge in [0, 0.05) is 12.3 Å². The van der Waals surface area contributed by atoms with Crippen molar-refractivity contribution in [1.29, 1.82) is 0 Å². The van der Waals surface area contributed by atoms with Crippen LogP contribution in [0.3, 0.4) is 0 Å². The molecule has 2 N–H and O–H groups in total. The lowest BCUT2D eigenvalue weighted by molar-refractivity contribution is -0.134. The largest absolute Gasteiger partial charge is 0.466 e. The number of carbonyl (C=O) groups is 1. The van der Waals surface area contributed by atoms with Crippen LogP contribution in [-0.4, -0.2) is 30.3 Å². The molecular weight excluding hydrogens is 206 g/mol. The summed E-state index contributed by atoms with van der Waals surface area (Å²) >= 11 is 0. The summed E-state index contributed by atoms with van der Waals surface area (Å²) in [6, 6.07) is 0. The smallest absolute Gasteiger partial charge is 0.331 e. The fourth-order valence-electron chi connectivity index (χ4n) is 2.02. The van der Waals surface area contributed by atoms with E-state index in [0.29, 0.717) is 0 Å². The molecule has 0 radical (unpaired) electrons. The molecule has 0 atom stereocenters. The summed E-state index contributed by atoms with van der Waals surface area (Å²) in [6.07, 6.45) is 7.03. The highest BCUT2D eigenvalue weighted by molar-refractivity contribution is 5.81. The number of aliphatic hydroxyl groups excluding tert-OH is 1. The van der Waals surface area contributed by atoms with E-state index in [-0.39, 0.29) is 18.1 Å². The first-order valence-electron chi connectivity index (χ1n) is 5.75. The Hall–Kier alpha value is -1.03. The minimum Gasteiger partial charge on any atom is -0.466 e. The van der Waals surface area contributed by atoms with Gasteiger partial charge in [-0.2, -0.15) is 0 Å². The van der Waals surface area contributed by atoms with Gasteiger partial charge in [-0.25, -0.2) is 4.79 Å². The molecule has 0 aromatic heterocycles. The Labute approximate surface area is 96.7 Å². The molecule has 0 aromatic rings.